The molecule has 4 heteroatoms. The number of hydrogen-bond acceptors (Lipinski definition) is 3. The summed E-state index contributed by atoms with van der Waals surface area (Å²) in [6.45, 7) is 3.62. The summed E-state index contributed by atoms with van der Waals surface area (Å²) in [6.07, 6.45) is 7.36. The van der Waals surface area contributed by atoms with Crippen molar-refractivity contribution in [3.63, 3.8) is 0 Å². The van der Waals surface area contributed by atoms with E-state index in [1.54, 1.807) is 24.5 Å². The molecule has 21 heavy (non-hydrogen) atoms. The Hall–Kier alpha value is -2.23. The van der Waals surface area contributed by atoms with Crippen molar-refractivity contribution >= 4 is 5.91 Å². The Labute approximate surface area is 124 Å². The fraction of sp³-hybridized carbons (Fsp3) is 0.353. The molecule has 1 atom stereocenters. The van der Waals surface area contributed by atoms with Crippen LogP contribution in [-0.4, -0.2) is 33.9 Å². The van der Waals surface area contributed by atoms with E-state index in [9.17, 15) is 4.79 Å². The van der Waals surface area contributed by atoms with E-state index >= 15 is 0 Å². The lowest BCUT2D eigenvalue weighted by Gasteiger charge is -2.33. The van der Waals surface area contributed by atoms with Gasteiger partial charge in [0.1, 0.15) is 0 Å². The Morgan fingerprint density at radius 2 is 2.05 bits per heavy atom. The van der Waals surface area contributed by atoms with Crippen molar-refractivity contribution in [3.05, 3.63) is 59.7 Å². The maximum Gasteiger partial charge on any atom is 0.253 e. The Morgan fingerprint density at radius 1 is 1.24 bits per heavy atom. The number of nitrogens with zero attached hydrogens (tertiary/aromatic N) is 3. The number of piperidine rings is 1. The monoisotopic (exact) mass is 281 g/mol. The molecule has 0 unspecified atom stereocenters. The van der Waals surface area contributed by atoms with Gasteiger partial charge in [-0.2, -0.15) is 0 Å². The van der Waals surface area contributed by atoms with Crippen LogP contribution in [-0.2, 0) is 0 Å². The van der Waals surface area contributed by atoms with Gasteiger partial charge in [-0.3, -0.25) is 14.8 Å². The Kier molecular flexibility index (Phi) is 3.95. The first-order valence-corrected chi connectivity index (χ1v) is 7.36. The van der Waals surface area contributed by atoms with Gasteiger partial charge in [0.05, 0.1) is 0 Å². The zero-order chi connectivity index (χ0) is 14.7. The molecule has 1 amide bonds. The van der Waals surface area contributed by atoms with E-state index in [1.165, 1.54) is 5.56 Å². The number of aromatic nitrogens is 2. The molecule has 2 aromatic rings. The molecular weight excluding hydrogens is 262 g/mol. The van der Waals surface area contributed by atoms with Gasteiger partial charge in [-0.25, -0.2) is 0 Å². The Bertz CT molecular complexity index is 627. The molecule has 1 aliphatic heterocycles. The van der Waals surface area contributed by atoms with E-state index in [2.05, 4.69) is 22.1 Å². The van der Waals surface area contributed by atoms with Crippen LogP contribution in [0, 0.1) is 6.92 Å². The number of hydrogen-bond donors (Lipinski definition) is 0. The average Bonchev–Trinajstić information content (AvgIpc) is 2.55. The summed E-state index contributed by atoms with van der Waals surface area (Å²) in [4.78, 5) is 22.7. The second-order valence-electron chi connectivity index (χ2n) is 5.56. The minimum absolute atomic E-state index is 0.105. The summed E-state index contributed by atoms with van der Waals surface area (Å²) >= 11 is 0. The summed E-state index contributed by atoms with van der Waals surface area (Å²) in [5.74, 6) is 0.513. The average molecular weight is 281 g/mol. The molecule has 1 saturated heterocycles. The Morgan fingerprint density at radius 3 is 2.81 bits per heavy atom. The van der Waals surface area contributed by atoms with Gasteiger partial charge in [-0.05, 0) is 49.6 Å². The molecule has 0 saturated carbocycles. The van der Waals surface area contributed by atoms with Crippen LogP contribution < -0.4 is 0 Å². The van der Waals surface area contributed by atoms with Crippen LogP contribution in [0.4, 0.5) is 0 Å². The molecule has 0 N–H and O–H groups in total. The molecule has 0 aliphatic carbocycles. The number of rotatable bonds is 2. The molecule has 2 aromatic heterocycles. The molecule has 3 rings (SSSR count). The highest BCUT2D eigenvalue weighted by atomic mass is 16.2. The van der Waals surface area contributed by atoms with Gasteiger partial charge in [-0.15, -0.1) is 0 Å². The standard InChI is InChI=1S/C17H19N3O/c1-13-11-15(6-9-19-13)16-3-2-10-20(12-16)17(21)14-4-7-18-8-5-14/h4-9,11,16H,2-3,10,12H2,1H3/t16-/m0/s1. The van der Waals surface area contributed by atoms with Crippen molar-refractivity contribution in [2.24, 2.45) is 0 Å². The van der Waals surface area contributed by atoms with E-state index in [0.717, 1.165) is 37.2 Å². The largest absolute Gasteiger partial charge is 0.338 e. The molecule has 1 aliphatic rings. The smallest absolute Gasteiger partial charge is 0.253 e. The molecule has 3 heterocycles. The lowest BCUT2D eigenvalue weighted by molar-refractivity contribution is 0.0707. The van der Waals surface area contributed by atoms with Gasteiger partial charge in [0.2, 0.25) is 0 Å². The third-order valence-electron chi connectivity index (χ3n) is 4.03. The molecule has 0 radical (unpaired) electrons. The molecule has 1 fully saturated rings. The van der Waals surface area contributed by atoms with Crippen LogP contribution in [0.2, 0.25) is 0 Å². The van der Waals surface area contributed by atoms with E-state index in [0.29, 0.717) is 5.92 Å². The van der Waals surface area contributed by atoms with E-state index in [-0.39, 0.29) is 5.91 Å². The number of likely N-dealkylation sites (tertiary alicyclic amines) is 1. The zero-order valence-corrected chi connectivity index (χ0v) is 12.2. The van der Waals surface area contributed by atoms with Crippen LogP contribution in [0.25, 0.3) is 0 Å². The van der Waals surface area contributed by atoms with Crippen molar-refractivity contribution in [3.8, 4) is 0 Å². The van der Waals surface area contributed by atoms with Crippen LogP contribution in [0.3, 0.4) is 0 Å². The normalized spacial score (nSPS) is 18.5. The predicted molar refractivity (Wildman–Crippen MR) is 81.1 cm³/mol. The highest BCUT2D eigenvalue weighted by Crippen LogP contribution is 2.27. The summed E-state index contributed by atoms with van der Waals surface area (Å²) in [5.41, 5.74) is 3.04. The van der Waals surface area contributed by atoms with Crippen molar-refractivity contribution in [2.75, 3.05) is 13.1 Å². The third-order valence-corrected chi connectivity index (χ3v) is 4.03. The minimum atomic E-state index is 0.105. The SMILES string of the molecule is Cc1cc([C@H]2CCCN(C(=O)c3ccncc3)C2)ccn1. The molecule has 0 bridgehead atoms. The molecule has 0 spiro atoms. The lowest BCUT2D eigenvalue weighted by atomic mass is 9.90. The fourth-order valence-electron chi connectivity index (χ4n) is 2.93. The first-order chi connectivity index (χ1) is 10.2. The van der Waals surface area contributed by atoms with Crippen molar-refractivity contribution < 1.29 is 4.79 Å². The number of pyridine rings is 2. The van der Waals surface area contributed by atoms with Crippen molar-refractivity contribution in [2.45, 2.75) is 25.7 Å². The van der Waals surface area contributed by atoms with Gasteiger partial charge in [0, 0.05) is 48.9 Å². The maximum absolute atomic E-state index is 12.5. The van der Waals surface area contributed by atoms with Gasteiger partial charge in [0.25, 0.3) is 5.91 Å². The van der Waals surface area contributed by atoms with Gasteiger partial charge < -0.3 is 4.90 Å². The van der Waals surface area contributed by atoms with Crippen LogP contribution in [0.1, 0.15) is 40.4 Å². The van der Waals surface area contributed by atoms with Crippen LogP contribution in [0.5, 0.6) is 0 Å². The molecular formula is C17H19N3O. The lowest BCUT2D eigenvalue weighted by Crippen LogP contribution is -2.39. The topological polar surface area (TPSA) is 46.1 Å². The van der Waals surface area contributed by atoms with Crippen LogP contribution >= 0.6 is 0 Å². The molecule has 0 aromatic carbocycles. The van der Waals surface area contributed by atoms with Crippen molar-refractivity contribution in [1.82, 2.24) is 14.9 Å². The molecule has 4 nitrogen and oxygen atoms in total. The predicted octanol–water partition coefficient (Wildman–Crippen LogP) is 2.80. The Balaban J connectivity index is 1.75. The highest BCUT2D eigenvalue weighted by molar-refractivity contribution is 5.94. The second kappa shape index (κ2) is 6.04. The van der Waals surface area contributed by atoms with E-state index < -0.39 is 0 Å². The number of aryl methyl sites for hydroxylation is 1. The maximum atomic E-state index is 12.5. The minimum Gasteiger partial charge on any atom is -0.338 e. The summed E-state index contributed by atoms with van der Waals surface area (Å²) < 4.78 is 0. The van der Waals surface area contributed by atoms with Gasteiger partial charge in [-0.1, -0.05) is 0 Å². The number of carbonyl (C=O) groups is 1. The molecule has 108 valence electrons. The number of amides is 1. The third kappa shape index (κ3) is 3.10. The van der Waals surface area contributed by atoms with E-state index in [4.69, 9.17) is 0 Å². The van der Waals surface area contributed by atoms with Gasteiger partial charge >= 0.3 is 0 Å². The van der Waals surface area contributed by atoms with Crippen molar-refractivity contribution in [1.29, 1.82) is 0 Å². The van der Waals surface area contributed by atoms with E-state index in [1.807, 2.05) is 18.0 Å². The summed E-state index contributed by atoms with van der Waals surface area (Å²) in [7, 11) is 0. The van der Waals surface area contributed by atoms with Crippen LogP contribution in [0.15, 0.2) is 42.9 Å². The second-order valence-corrected chi connectivity index (χ2v) is 5.56. The quantitative estimate of drug-likeness (QED) is 0.850. The fourth-order valence-corrected chi connectivity index (χ4v) is 2.93. The summed E-state index contributed by atoms with van der Waals surface area (Å²) in [5, 5.41) is 0. The zero-order valence-electron chi connectivity index (χ0n) is 12.2. The summed E-state index contributed by atoms with van der Waals surface area (Å²) in [6, 6.07) is 7.76. The first-order valence-electron chi connectivity index (χ1n) is 7.36. The van der Waals surface area contributed by atoms with Gasteiger partial charge in [0.15, 0.2) is 0 Å². The number of carbonyl (C=O) groups excluding carboxylic acids is 1. The highest BCUT2D eigenvalue weighted by Gasteiger charge is 2.25. The first kappa shape index (κ1) is 13.7.